The number of carbonyl (C=O) groups excluding carboxylic acids is 2. The molecule has 0 aromatic heterocycles. The Bertz CT molecular complexity index is 186. The largest absolute Gasteiger partial charge is 0.387 e. The van der Waals surface area contributed by atoms with Crippen LogP contribution >= 0.6 is 23.2 Å². The van der Waals surface area contributed by atoms with E-state index in [1.54, 1.807) is 0 Å². The van der Waals surface area contributed by atoms with Gasteiger partial charge in [-0.05, 0) is 0 Å². The van der Waals surface area contributed by atoms with Gasteiger partial charge in [0.25, 0.3) is 0 Å². The summed E-state index contributed by atoms with van der Waals surface area (Å²) in [6.45, 7) is 0. The molecule has 0 heterocycles. The molecule has 0 fully saturated rings. The Labute approximate surface area is 73.2 Å². The highest BCUT2D eigenvalue weighted by Crippen LogP contribution is 1.88. The van der Waals surface area contributed by atoms with E-state index in [2.05, 4.69) is 4.74 Å². The number of carbonyl (C=O) groups is 2. The van der Waals surface area contributed by atoms with Crippen LogP contribution in [-0.4, -0.2) is 11.9 Å². The van der Waals surface area contributed by atoms with Crippen LogP contribution in [0.2, 0.25) is 0 Å². The van der Waals surface area contributed by atoms with E-state index in [1.165, 1.54) is 0 Å². The fraction of sp³-hybridized carbons (Fsp3) is 0. The highest BCUT2D eigenvalue weighted by Gasteiger charge is 2.01. The summed E-state index contributed by atoms with van der Waals surface area (Å²) >= 11 is 10.0. The van der Waals surface area contributed by atoms with Gasteiger partial charge < -0.3 is 4.74 Å². The van der Waals surface area contributed by atoms with Gasteiger partial charge in [-0.2, -0.15) is 0 Å². The molecule has 11 heavy (non-hydrogen) atoms. The molecule has 3 nitrogen and oxygen atoms in total. The van der Waals surface area contributed by atoms with E-state index in [-0.39, 0.29) is 0 Å². The molecular weight excluding hydrogens is 191 g/mol. The summed E-state index contributed by atoms with van der Waals surface area (Å²) in [7, 11) is 0. The molecule has 0 saturated carbocycles. The topological polar surface area (TPSA) is 43.4 Å². The van der Waals surface area contributed by atoms with Crippen LogP contribution in [0.3, 0.4) is 0 Å². The molecule has 0 aliphatic rings. The second-order valence-corrected chi connectivity index (χ2v) is 1.83. The predicted molar refractivity (Wildman–Crippen MR) is 41.1 cm³/mol. The smallest absolute Gasteiger partial charge is 0.339 e. The summed E-state index contributed by atoms with van der Waals surface area (Å²) in [5, 5.41) is 0. The molecule has 0 aliphatic carbocycles. The number of rotatable bonds is 2. The molecule has 5 heteroatoms. The van der Waals surface area contributed by atoms with Crippen molar-refractivity contribution >= 4 is 35.1 Å². The van der Waals surface area contributed by atoms with Gasteiger partial charge in [-0.25, -0.2) is 9.59 Å². The summed E-state index contributed by atoms with van der Waals surface area (Å²) in [5.74, 6) is -1.67. The third-order valence-electron chi connectivity index (χ3n) is 0.599. The Morgan fingerprint density at radius 1 is 1.00 bits per heavy atom. The fourth-order valence-corrected chi connectivity index (χ4v) is 0.476. The zero-order valence-corrected chi connectivity index (χ0v) is 6.80. The van der Waals surface area contributed by atoms with Crippen molar-refractivity contribution in [2.24, 2.45) is 0 Å². The van der Waals surface area contributed by atoms with Crippen molar-refractivity contribution in [3.63, 3.8) is 0 Å². The second-order valence-electron chi connectivity index (χ2n) is 1.33. The van der Waals surface area contributed by atoms with E-state index >= 15 is 0 Å². The first kappa shape index (κ1) is 10.2. The van der Waals surface area contributed by atoms with Crippen LogP contribution in [0.1, 0.15) is 0 Å². The van der Waals surface area contributed by atoms with Gasteiger partial charge >= 0.3 is 11.9 Å². The molecule has 0 aromatic rings. The Balaban J connectivity index is 3.85. The van der Waals surface area contributed by atoms with E-state index in [1.807, 2.05) is 0 Å². The normalized spacial score (nSPS) is 10.7. The van der Waals surface area contributed by atoms with Crippen LogP contribution in [0, 0.1) is 0 Å². The lowest BCUT2D eigenvalue weighted by molar-refractivity contribution is -0.152. The van der Waals surface area contributed by atoms with Gasteiger partial charge in [-0.3, -0.25) is 0 Å². The Morgan fingerprint density at radius 2 is 1.36 bits per heavy atom. The Hall–Kier alpha value is -0.800. The van der Waals surface area contributed by atoms with E-state index in [0.717, 1.165) is 23.2 Å². The number of halogens is 2. The lowest BCUT2D eigenvalue weighted by Gasteiger charge is -1.91. The monoisotopic (exact) mass is 194 g/mol. The molecule has 0 amide bonds. The molecule has 0 radical (unpaired) electrons. The molecule has 0 aromatic carbocycles. The zero-order chi connectivity index (χ0) is 8.69. The number of hydrogen-bond donors (Lipinski definition) is 0. The first-order valence-corrected chi connectivity index (χ1v) is 3.37. The lowest BCUT2D eigenvalue weighted by Crippen LogP contribution is -2.06. The molecule has 0 N–H and O–H groups in total. The molecule has 0 spiro atoms. The first-order valence-electron chi connectivity index (χ1n) is 2.50. The number of hydrogen-bond acceptors (Lipinski definition) is 3. The third-order valence-corrected chi connectivity index (χ3v) is 0.851. The zero-order valence-electron chi connectivity index (χ0n) is 5.29. The van der Waals surface area contributed by atoms with Gasteiger partial charge in [0, 0.05) is 23.2 Å². The van der Waals surface area contributed by atoms with E-state index in [4.69, 9.17) is 23.2 Å². The molecule has 0 rings (SSSR count). The van der Waals surface area contributed by atoms with Crippen molar-refractivity contribution in [1.82, 2.24) is 0 Å². The van der Waals surface area contributed by atoms with Crippen LogP contribution in [0.4, 0.5) is 0 Å². The van der Waals surface area contributed by atoms with Crippen molar-refractivity contribution in [3.8, 4) is 0 Å². The minimum Gasteiger partial charge on any atom is -0.387 e. The van der Waals surface area contributed by atoms with Crippen molar-refractivity contribution in [3.05, 3.63) is 23.2 Å². The maximum absolute atomic E-state index is 10.4. The van der Waals surface area contributed by atoms with Gasteiger partial charge in [0.1, 0.15) is 0 Å². The Kier molecular flexibility index (Phi) is 5.51. The summed E-state index contributed by atoms with van der Waals surface area (Å²) in [6, 6.07) is 0. The van der Waals surface area contributed by atoms with E-state index in [9.17, 15) is 9.59 Å². The van der Waals surface area contributed by atoms with Gasteiger partial charge in [-0.1, -0.05) is 23.2 Å². The molecular formula is C6H4Cl2O3. The summed E-state index contributed by atoms with van der Waals surface area (Å²) in [5.41, 5.74) is 1.89. The maximum atomic E-state index is 10.4. The molecule has 0 bridgehead atoms. The third kappa shape index (κ3) is 5.63. The van der Waals surface area contributed by atoms with Crippen LogP contribution in [0.5, 0.6) is 0 Å². The van der Waals surface area contributed by atoms with Crippen molar-refractivity contribution in [2.75, 3.05) is 0 Å². The highest BCUT2D eigenvalue weighted by molar-refractivity contribution is 6.27. The van der Waals surface area contributed by atoms with Crippen molar-refractivity contribution in [1.29, 1.82) is 0 Å². The van der Waals surface area contributed by atoms with Gasteiger partial charge in [0.15, 0.2) is 0 Å². The molecule has 0 atom stereocenters. The van der Waals surface area contributed by atoms with Gasteiger partial charge in [0.05, 0.1) is 0 Å². The average molecular weight is 195 g/mol. The van der Waals surface area contributed by atoms with Crippen LogP contribution in [0.25, 0.3) is 0 Å². The van der Waals surface area contributed by atoms with Crippen molar-refractivity contribution in [2.45, 2.75) is 0 Å². The molecule has 0 unspecified atom stereocenters. The minimum atomic E-state index is -0.834. The predicted octanol–water partition coefficient (Wildman–Crippen LogP) is 1.56. The molecule has 0 aliphatic heterocycles. The highest BCUT2D eigenvalue weighted by atomic mass is 35.5. The summed E-state index contributed by atoms with van der Waals surface area (Å²) in [4.78, 5) is 20.9. The second kappa shape index (κ2) is 5.95. The average Bonchev–Trinajstić information content (AvgIpc) is 1.87. The standard InChI is InChI=1S/C6H4Cl2O3/c7-3-1-5(9)11-6(10)2-4-8/h1-4H. The SMILES string of the molecule is O=C(C=CCl)OC(=O)C=CCl. The van der Waals surface area contributed by atoms with Crippen LogP contribution in [-0.2, 0) is 14.3 Å². The summed E-state index contributed by atoms with van der Waals surface area (Å²) < 4.78 is 4.11. The van der Waals surface area contributed by atoms with Crippen LogP contribution in [0.15, 0.2) is 23.2 Å². The molecule has 0 saturated heterocycles. The van der Waals surface area contributed by atoms with Gasteiger partial charge in [-0.15, -0.1) is 0 Å². The number of esters is 2. The Morgan fingerprint density at radius 3 is 1.64 bits per heavy atom. The van der Waals surface area contributed by atoms with Crippen molar-refractivity contribution < 1.29 is 14.3 Å². The van der Waals surface area contributed by atoms with Crippen LogP contribution < -0.4 is 0 Å². The van der Waals surface area contributed by atoms with E-state index in [0.29, 0.717) is 0 Å². The van der Waals surface area contributed by atoms with Gasteiger partial charge in [0.2, 0.25) is 0 Å². The molecule has 60 valence electrons. The van der Waals surface area contributed by atoms with E-state index < -0.39 is 11.9 Å². The number of ether oxygens (including phenoxy) is 1. The quantitative estimate of drug-likeness (QED) is 0.381. The minimum absolute atomic E-state index is 0.834. The maximum Gasteiger partial charge on any atom is 0.339 e. The fourth-order valence-electron chi connectivity index (χ4n) is 0.270. The first-order chi connectivity index (χ1) is 5.20. The summed E-state index contributed by atoms with van der Waals surface area (Å²) in [6.07, 6.45) is 1.81. The lowest BCUT2D eigenvalue weighted by atomic mass is 10.6.